The Balaban J connectivity index is 2.58. The van der Waals surface area contributed by atoms with E-state index in [1.165, 1.54) is 0 Å². The highest BCUT2D eigenvalue weighted by atomic mass is 79.9. The van der Waals surface area contributed by atoms with Crippen LogP contribution >= 0.6 is 15.9 Å². The number of nitrogens with zero attached hydrogens (tertiary/aromatic N) is 1. The Morgan fingerprint density at radius 2 is 2.18 bits per heavy atom. The fourth-order valence-corrected chi connectivity index (χ4v) is 1.99. The van der Waals surface area contributed by atoms with Crippen LogP contribution in [0.3, 0.4) is 0 Å². The van der Waals surface area contributed by atoms with Gasteiger partial charge in [0.05, 0.1) is 11.7 Å². The van der Waals surface area contributed by atoms with Gasteiger partial charge in [0.2, 0.25) is 0 Å². The summed E-state index contributed by atoms with van der Waals surface area (Å²) in [6, 6.07) is 3.13. The third-order valence-electron chi connectivity index (χ3n) is 2.27. The van der Waals surface area contributed by atoms with Gasteiger partial charge < -0.3 is 0 Å². The molecule has 7 heteroatoms. The van der Waals surface area contributed by atoms with Gasteiger partial charge in [0.15, 0.2) is 0 Å². The van der Waals surface area contributed by atoms with Gasteiger partial charge in [-0.1, -0.05) is 0 Å². The quantitative estimate of drug-likeness (QED) is 0.649. The molecule has 0 aliphatic rings. The first-order valence-corrected chi connectivity index (χ1v) is 5.86. The molecule has 0 saturated heterocycles. The van der Waals surface area contributed by atoms with Crippen molar-refractivity contribution in [2.45, 2.75) is 31.5 Å². The van der Waals surface area contributed by atoms with Gasteiger partial charge in [-0.15, -0.1) is 0 Å². The summed E-state index contributed by atoms with van der Waals surface area (Å²) < 4.78 is 36.8. The first-order chi connectivity index (χ1) is 7.94. The number of hydrogen-bond acceptors (Lipinski definition) is 3. The first kappa shape index (κ1) is 14.4. The number of nitrogens with two attached hydrogens (primary N) is 1. The Kier molecular flexibility index (Phi) is 5.35. The molecule has 0 saturated carbocycles. The van der Waals surface area contributed by atoms with Crippen molar-refractivity contribution in [2.24, 2.45) is 5.84 Å². The first-order valence-electron chi connectivity index (χ1n) is 5.07. The van der Waals surface area contributed by atoms with Crippen LogP contribution in [0.1, 0.15) is 31.0 Å². The third kappa shape index (κ3) is 5.01. The van der Waals surface area contributed by atoms with Crippen LogP contribution in [0.2, 0.25) is 0 Å². The summed E-state index contributed by atoms with van der Waals surface area (Å²) in [6.45, 7) is 0. The number of rotatable bonds is 5. The largest absolute Gasteiger partial charge is 0.389 e. The van der Waals surface area contributed by atoms with Gasteiger partial charge in [-0.2, -0.15) is 13.2 Å². The average Bonchev–Trinajstić information content (AvgIpc) is 2.24. The molecular weight excluding hydrogens is 299 g/mol. The molecule has 0 aliphatic carbocycles. The highest BCUT2D eigenvalue weighted by Gasteiger charge is 2.27. The van der Waals surface area contributed by atoms with Crippen LogP contribution in [0, 0.1) is 0 Å². The van der Waals surface area contributed by atoms with Gasteiger partial charge in [-0.25, -0.2) is 0 Å². The number of halogens is 4. The maximum absolute atomic E-state index is 12.0. The molecule has 0 amide bonds. The van der Waals surface area contributed by atoms with Crippen molar-refractivity contribution in [3.05, 3.63) is 28.5 Å². The minimum absolute atomic E-state index is 0.0153. The second-order valence-corrected chi connectivity index (χ2v) is 4.45. The fourth-order valence-electron chi connectivity index (χ4n) is 1.46. The third-order valence-corrected chi connectivity index (χ3v) is 2.94. The highest BCUT2D eigenvalue weighted by Crippen LogP contribution is 2.27. The number of nitrogens with one attached hydrogen (secondary N) is 1. The summed E-state index contributed by atoms with van der Waals surface area (Å²) in [5.41, 5.74) is 3.11. The lowest BCUT2D eigenvalue weighted by Crippen LogP contribution is -2.29. The standard InChI is InChI=1S/C10H13BrF3N3/c11-7-3-2-6-16-9(7)8(17-15)4-1-5-10(12,13)14/h2-3,6,8,17H,1,4-5,15H2. The molecular formula is C10H13BrF3N3. The number of hydrazine groups is 1. The summed E-state index contributed by atoms with van der Waals surface area (Å²) in [4.78, 5) is 4.09. The molecule has 1 heterocycles. The zero-order valence-electron chi connectivity index (χ0n) is 8.97. The monoisotopic (exact) mass is 311 g/mol. The molecule has 3 nitrogen and oxygen atoms in total. The SMILES string of the molecule is NNC(CCCC(F)(F)F)c1ncccc1Br. The molecule has 0 bridgehead atoms. The van der Waals surface area contributed by atoms with Gasteiger partial charge >= 0.3 is 6.18 Å². The summed E-state index contributed by atoms with van der Waals surface area (Å²) in [5.74, 6) is 5.33. The van der Waals surface area contributed by atoms with Gasteiger partial charge in [-0.05, 0) is 40.9 Å². The number of alkyl halides is 3. The van der Waals surface area contributed by atoms with E-state index in [0.29, 0.717) is 5.69 Å². The summed E-state index contributed by atoms with van der Waals surface area (Å²) >= 11 is 3.29. The zero-order valence-corrected chi connectivity index (χ0v) is 10.6. The van der Waals surface area contributed by atoms with Crippen LogP contribution in [-0.4, -0.2) is 11.2 Å². The van der Waals surface area contributed by atoms with Crippen molar-refractivity contribution in [3.8, 4) is 0 Å². The molecule has 0 spiro atoms. The Morgan fingerprint density at radius 3 is 2.71 bits per heavy atom. The van der Waals surface area contributed by atoms with Crippen LogP contribution in [0.15, 0.2) is 22.8 Å². The molecule has 1 rings (SSSR count). The molecule has 3 N–H and O–H groups in total. The Bertz CT molecular complexity index is 357. The second kappa shape index (κ2) is 6.32. The molecule has 17 heavy (non-hydrogen) atoms. The van der Waals surface area contributed by atoms with E-state index in [4.69, 9.17) is 5.84 Å². The number of aromatic nitrogens is 1. The van der Waals surface area contributed by atoms with Crippen molar-refractivity contribution >= 4 is 15.9 Å². The molecule has 1 aromatic heterocycles. The topological polar surface area (TPSA) is 50.9 Å². The van der Waals surface area contributed by atoms with E-state index in [1.807, 2.05) is 0 Å². The van der Waals surface area contributed by atoms with Crippen molar-refractivity contribution in [2.75, 3.05) is 0 Å². The normalized spacial score (nSPS) is 13.7. The maximum Gasteiger partial charge on any atom is 0.389 e. The predicted octanol–water partition coefficient (Wildman–Crippen LogP) is 3.08. The van der Waals surface area contributed by atoms with Crippen LogP contribution in [0.25, 0.3) is 0 Å². The number of hydrogen-bond donors (Lipinski definition) is 2. The van der Waals surface area contributed by atoms with Crippen molar-refractivity contribution in [3.63, 3.8) is 0 Å². The minimum atomic E-state index is -4.12. The zero-order chi connectivity index (χ0) is 12.9. The van der Waals surface area contributed by atoms with Gasteiger partial charge in [0.1, 0.15) is 0 Å². The summed E-state index contributed by atoms with van der Waals surface area (Å²) in [6.07, 6.45) is -3.06. The molecule has 1 unspecified atom stereocenters. The molecule has 96 valence electrons. The Hall–Kier alpha value is -0.660. The Labute approximate surface area is 106 Å². The van der Waals surface area contributed by atoms with E-state index < -0.39 is 12.6 Å². The van der Waals surface area contributed by atoms with Crippen molar-refractivity contribution in [1.29, 1.82) is 0 Å². The molecule has 0 aromatic carbocycles. The van der Waals surface area contributed by atoms with Crippen molar-refractivity contribution < 1.29 is 13.2 Å². The average molecular weight is 312 g/mol. The van der Waals surface area contributed by atoms with Crippen LogP contribution < -0.4 is 11.3 Å². The molecule has 0 fully saturated rings. The lowest BCUT2D eigenvalue weighted by molar-refractivity contribution is -0.135. The molecule has 1 aromatic rings. The smallest absolute Gasteiger partial charge is 0.271 e. The van der Waals surface area contributed by atoms with E-state index in [-0.39, 0.29) is 18.9 Å². The van der Waals surface area contributed by atoms with Crippen LogP contribution in [0.4, 0.5) is 13.2 Å². The molecule has 0 aliphatic heterocycles. The number of pyridine rings is 1. The lowest BCUT2D eigenvalue weighted by atomic mass is 10.1. The van der Waals surface area contributed by atoms with Gasteiger partial charge in [-0.3, -0.25) is 16.3 Å². The van der Waals surface area contributed by atoms with E-state index in [1.54, 1.807) is 18.3 Å². The maximum atomic E-state index is 12.0. The fraction of sp³-hybridized carbons (Fsp3) is 0.500. The highest BCUT2D eigenvalue weighted by molar-refractivity contribution is 9.10. The molecule has 1 atom stereocenters. The van der Waals surface area contributed by atoms with Crippen LogP contribution in [-0.2, 0) is 0 Å². The minimum Gasteiger partial charge on any atom is -0.271 e. The van der Waals surface area contributed by atoms with Gasteiger partial charge in [0.25, 0.3) is 0 Å². The van der Waals surface area contributed by atoms with E-state index >= 15 is 0 Å². The van der Waals surface area contributed by atoms with Crippen LogP contribution in [0.5, 0.6) is 0 Å². The van der Waals surface area contributed by atoms with Crippen molar-refractivity contribution in [1.82, 2.24) is 10.4 Å². The van der Waals surface area contributed by atoms with E-state index in [0.717, 1.165) is 4.47 Å². The summed E-state index contributed by atoms with van der Waals surface area (Å²) in [7, 11) is 0. The Morgan fingerprint density at radius 1 is 1.47 bits per heavy atom. The molecule has 0 radical (unpaired) electrons. The lowest BCUT2D eigenvalue weighted by Gasteiger charge is -2.16. The van der Waals surface area contributed by atoms with Gasteiger partial charge in [0, 0.05) is 17.1 Å². The predicted molar refractivity (Wildman–Crippen MR) is 61.9 cm³/mol. The summed E-state index contributed by atoms with van der Waals surface area (Å²) in [5, 5.41) is 0. The second-order valence-electron chi connectivity index (χ2n) is 3.60. The van der Waals surface area contributed by atoms with E-state index in [9.17, 15) is 13.2 Å². The van der Waals surface area contributed by atoms with E-state index in [2.05, 4.69) is 26.3 Å².